The van der Waals surface area contributed by atoms with E-state index in [1.54, 1.807) is 12.1 Å². The van der Waals surface area contributed by atoms with Crippen molar-refractivity contribution in [3.63, 3.8) is 0 Å². The molecule has 0 saturated heterocycles. The fraction of sp³-hybridized carbons (Fsp3) is 0.0625. The van der Waals surface area contributed by atoms with Crippen molar-refractivity contribution in [2.24, 2.45) is 0 Å². The summed E-state index contributed by atoms with van der Waals surface area (Å²) >= 11 is 6.01. The van der Waals surface area contributed by atoms with Crippen LogP contribution in [0.15, 0.2) is 60.7 Å². The van der Waals surface area contributed by atoms with E-state index in [1.165, 1.54) is 0 Å². The molecule has 90 valence electrons. The molecule has 0 unspecified atom stereocenters. The van der Waals surface area contributed by atoms with Gasteiger partial charge < -0.3 is 0 Å². The van der Waals surface area contributed by atoms with E-state index < -0.39 is 0 Å². The van der Waals surface area contributed by atoms with E-state index in [0.29, 0.717) is 11.4 Å². The van der Waals surface area contributed by atoms with Crippen molar-refractivity contribution < 1.29 is 4.79 Å². The second-order valence-corrected chi connectivity index (χ2v) is 4.39. The Morgan fingerprint density at radius 1 is 1.00 bits per heavy atom. The van der Waals surface area contributed by atoms with Crippen LogP contribution >= 0.6 is 11.6 Å². The lowest BCUT2D eigenvalue weighted by atomic mass is 10.1. The van der Waals surface area contributed by atoms with E-state index in [4.69, 9.17) is 11.6 Å². The summed E-state index contributed by atoms with van der Waals surface area (Å²) in [5.41, 5.74) is 1.88. The summed E-state index contributed by atoms with van der Waals surface area (Å²) in [5.74, 6) is 0.0481. The van der Waals surface area contributed by atoms with Crippen LogP contribution in [0.25, 0.3) is 6.08 Å². The first kappa shape index (κ1) is 12.6. The molecule has 0 heterocycles. The van der Waals surface area contributed by atoms with Gasteiger partial charge >= 0.3 is 0 Å². The largest absolute Gasteiger partial charge is 0.294 e. The summed E-state index contributed by atoms with van der Waals surface area (Å²) < 4.78 is 0. The average Bonchev–Trinajstić information content (AvgIpc) is 2.40. The lowest BCUT2D eigenvalue weighted by Crippen LogP contribution is -1.98. The molecule has 0 saturated carbocycles. The number of benzene rings is 2. The number of allylic oxidation sites excluding steroid dienone is 1. The first-order chi connectivity index (χ1) is 8.75. The normalized spacial score (nSPS) is 10.7. The smallest absolute Gasteiger partial charge is 0.160 e. The Morgan fingerprint density at radius 2 is 1.67 bits per heavy atom. The number of carbonyl (C=O) groups is 1. The minimum atomic E-state index is 0.0481. The van der Waals surface area contributed by atoms with Crippen molar-refractivity contribution >= 4 is 23.5 Å². The van der Waals surface area contributed by atoms with Crippen molar-refractivity contribution in [3.05, 3.63) is 76.8 Å². The van der Waals surface area contributed by atoms with Crippen LogP contribution in [0.3, 0.4) is 0 Å². The van der Waals surface area contributed by atoms with Crippen molar-refractivity contribution in [1.29, 1.82) is 0 Å². The summed E-state index contributed by atoms with van der Waals surface area (Å²) in [7, 11) is 0. The predicted octanol–water partition coefficient (Wildman–Crippen LogP) is 4.17. The molecule has 0 fully saturated rings. The Hall–Kier alpha value is -1.86. The third-order valence-electron chi connectivity index (χ3n) is 2.58. The fourth-order valence-corrected chi connectivity index (χ4v) is 1.84. The van der Waals surface area contributed by atoms with E-state index in [1.807, 2.05) is 54.6 Å². The summed E-state index contributed by atoms with van der Waals surface area (Å²) in [4.78, 5) is 11.8. The fourth-order valence-electron chi connectivity index (χ4n) is 1.64. The van der Waals surface area contributed by atoms with E-state index in [2.05, 4.69) is 0 Å². The molecule has 0 spiro atoms. The first-order valence-corrected chi connectivity index (χ1v) is 6.13. The number of rotatable bonds is 4. The molecule has 0 aliphatic rings. The van der Waals surface area contributed by atoms with Crippen molar-refractivity contribution in [2.75, 3.05) is 0 Å². The van der Waals surface area contributed by atoms with Crippen LogP contribution in [0, 0.1) is 0 Å². The van der Waals surface area contributed by atoms with Crippen LogP contribution in [0.5, 0.6) is 0 Å². The molecule has 1 nitrogen and oxygen atoms in total. The van der Waals surface area contributed by atoms with E-state index >= 15 is 0 Å². The maximum atomic E-state index is 11.8. The first-order valence-electron chi connectivity index (χ1n) is 5.75. The quantitative estimate of drug-likeness (QED) is 0.751. The van der Waals surface area contributed by atoms with Gasteiger partial charge in [-0.25, -0.2) is 0 Å². The molecule has 2 aromatic rings. The van der Waals surface area contributed by atoms with Crippen molar-refractivity contribution in [1.82, 2.24) is 0 Å². The SMILES string of the molecule is O=C(/C=C/c1ccccc1)Cc1ccccc1Cl. The van der Waals surface area contributed by atoms with Crippen molar-refractivity contribution in [2.45, 2.75) is 6.42 Å². The molecule has 0 aromatic heterocycles. The number of carbonyl (C=O) groups excluding carboxylic acids is 1. The third-order valence-corrected chi connectivity index (χ3v) is 2.95. The van der Waals surface area contributed by atoms with Gasteiger partial charge in [-0.1, -0.05) is 66.2 Å². The summed E-state index contributed by atoms with van der Waals surface area (Å²) in [6.45, 7) is 0. The van der Waals surface area contributed by atoms with Crippen LogP contribution in [0.1, 0.15) is 11.1 Å². The molecule has 2 aromatic carbocycles. The summed E-state index contributed by atoms with van der Waals surface area (Å²) in [5, 5.41) is 0.638. The topological polar surface area (TPSA) is 17.1 Å². The molecule has 0 amide bonds. The Labute approximate surface area is 112 Å². The third kappa shape index (κ3) is 3.57. The number of ketones is 1. The van der Waals surface area contributed by atoms with Crippen LogP contribution < -0.4 is 0 Å². The number of halogens is 1. The molecule has 2 heteroatoms. The minimum absolute atomic E-state index is 0.0481. The van der Waals surface area contributed by atoms with Crippen LogP contribution in [-0.2, 0) is 11.2 Å². The number of hydrogen-bond acceptors (Lipinski definition) is 1. The van der Waals surface area contributed by atoms with Gasteiger partial charge in [0.25, 0.3) is 0 Å². The van der Waals surface area contributed by atoms with Gasteiger partial charge in [-0.3, -0.25) is 4.79 Å². The summed E-state index contributed by atoms with van der Waals surface area (Å²) in [6, 6.07) is 17.2. The molecule has 0 aliphatic carbocycles. The van der Waals surface area contributed by atoms with Gasteiger partial charge in [-0.15, -0.1) is 0 Å². The molecule has 0 atom stereocenters. The summed E-state index contributed by atoms with van der Waals surface area (Å²) in [6.07, 6.45) is 3.75. The molecule has 0 N–H and O–H groups in total. The van der Waals surface area contributed by atoms with Gasteiger partial charge in [0.15, 0.2) is 5.78 Å². The molecular weight excluding hydrogens is 244 g/mol. The van der Waals surface area contributed by atoms with Gasteiger partial charge in [0.05, 0.1) is 0 Å². The van der Waals surface area contributed by atoms with Gasteiger partial charge in [-0.05, 0) is 23.3 Å². The Balaban J connectivity index is 2.02. The number of hydrogen-bond donors (Lipinski definition) is 0. The lowest BCUT2D eigenvalue weighted by molar-refractivity contribution is -0.113. The minimum Gasteiger partial charge on any atom is -0.294 e. The highest BCUT2D eigenvalue weighted by molar-refractivity contribution is 6.31. The van der Waals surface area contributed by atoms with Crippen LogP contribution in [0.4, 0.5) is 0 Å². The van der Waals surface area contributed by atoms with E-state index in [-0.39, 0.29) is 5.78 Å². The lowest BCUT2D eigenvalue weighted by Gasteiger charge is -2.00. The van der Waals surface area contributed by atoms with Crippen molar-refractivity contribution in [3.8, 4) is 0 Å². The zero-order chi connectivity index (χ0) is 12.8. The highest BCUT2D eigenvalue weighted by atomic mass is 35.5. The Bertz CT molecular complexity index is 558. The maximum Gasteiger partial charge on any atom is 0.160 e. The molecule has 0 radical (unpaired) electrons. The Kier molecular flexibility index (Phi) is 4.32. The molecule has 0 aliphatic heterocycles. The average molecular weight is 257 g/mol. The van der Waals surface area contributed by atoms with Gasteiger partial charge in [0.1, 0.15) is 0 Å². The molecular formula is C16H13ClO. The van der Waals surface area contributed by atoms with Crippen LogP contribution in [0.2, 0.25) is 5.02 Å². The van der Waals surface area contributed by atoms with Gasteiger partial charge in [-0.2, -0.15) is 0 Å². The molecule has 2 rings (SSSR count). The zero-order valence-corrected chi connectivity index (χ0v) is 10.6. The standard InChI is InChI=1S/C16H13ClO/c17-16-9-5-4-8-14(16)12-15(18)11-10-13-6-2-1-3-7-13/h1-11H,12H2/b11-10+. The predicted molar refractivity (Wildman–Crippen MR) is 75.6 cm³/mol. The maximum absolute atomic E-state index is 11.8. The highest BCUT2D eigenvalue weighted by Gasteiger charge is 2.03. The second kappa shape index (κ2) is 6.18. The second-order valence-electron chi connectivity index (χ2n) is 3.98. The van der Waals surface area contributed by atoms with Crippen LogP contribution in [-0.4, -0.2) is 5.78 Å². The Morgan fingerprint density at radius 3 is 2.39 bits per heavy atom. The van der Waals surface area contributed by atoms with Gasteiger partial charge in [0, 0.05) is 11.4 Å². The van der Waals surface area contributed by atoms with E-state index in [0.717, 1.165) is 11.1 Å². The monoisotopic (exact) mass is 256 g/mol. The highest BCUT2D eigenvalue weighted by Crippen LogP contribution is 2.15. The zero-order valence-electron chi connectivity index (χ0n) is 9.84. The van der Waals surface area contributed by atoms with Gasteiger partial charge in [0.2, 0.25) is 0 Å². The molecule has 18 heavy (non-hydrogen) atoms. The van der Waals surface area contributed by atoms with E-state index in [9.17, 15) is 4.79 Å². The molecule has 0 bridgehead atoms.